The van der Waals surface area contributed by atoms with Gasteiger partial charge in [-0.2, -0.15) is 0 Å². The summed E-state index contributed by atoms with van der Waals surface area (Å²) in [5, 5.41) is 3.93. The Morgan fingerprint density at radius 2 is 1.77 bits per heavy atom. The SMILES string of the molecule is CN1CCN(CCCNC(=O)c2oc3ccccc3c2COc2ccccc2)CC1. The molecule has 30 heavy (non-hydrogen) atoms. The van der Waals surface area contributed by atoms with Crippen LogP contribution in [0.4, 0.5) is 0 Å². The monoisotopic (exact) mass is 407 g/mol. The van der Waals surface area contributed by atoms with E-state index < -0.39 is 0 Å². The molecule has 0 spiro atoms. The van der Waals surface area contributed by atoms with Gasteiger partial charge in [-0.25, -0.2) is 0 Å². The van der Waals surface area contributed by atoms with E-state index in [0.717, 1.165) is 55.8 Å². The van der Waals surface area contributed by atoms with E-state index in [-0.39, 0.29) is 12.5 Å². The third-order valence-electron chi connectivity index (χ3n) is 5.56. The van der Waals surface area contributed by atoms with Gasteiger partial charge < -0.3 is 24.3 Å². The summed E-state index contributed by atoms with van der Waals surface area (Å²) >= 11 is 0. The van der Waals surface area contributed by atoms with E-state index in [0.29, 0.717) is 17.9 Å². The number of carbonyl (C=O) groups is 1. The zero-order chi connectivity index (χ0) is 20.8. The summed E-state index contributed by atoms with van der Waals surface area (Å²) in [6.07, 6.45) is 0.922. The molecule has 1 fully saturated rings. The molecule has 4 rings (SSSR count). The van der Waals surface area contributed by atoms with Gasteiger partial charge in [-0.15, -0.1) is 0 Å². The fraction of sp³-hybridized carbons (Fsp3) is 0.375. The average Bonchev–Trinajstić information content (AvgIpc) is 3.16. The molecule has 158 valence electrons. The molecule has 0 aliphatic carbocycles. The van der Waals surface area contributed by atoms with Gasteiger partial charge in [0.25, 0.3) is 5.91 Å². The second-order valence-corrected chi connectivity index (χ2v) is 7.76. The summed E-state index contributed by atoms with van der Waals surface area (Å²) in [7, 11) is 2.16. The molecule has 1 aliphatic rings. The molecular weight excluding hydrogens is 378 g/mol. The van der Waals surface area contributed by atoms with Crippen LogP contribution in [0.25, 0.3) is 11.0 Å². The normalized spacial score (nSPS) is 15.4. The van der Waals surface area contributed by atoms with Crippen LogP contribution in [0.1, 0.15) is 22.5 Å². The van der Waals surface area contributed by atoms with E-state index in [2.05, 4.69) is 22.2 Å². The first-order valence-corrected chi connectivity index (χ1v) is 10.6. The molecule has 1 N–H and O–H groups in total. The molecule has 0 bridgehead atoms. The van der Waals surface area contributed by atoms with Gasteiger partial charge in [0.15, 0.2) is 5.76 Å². The topological polar surface area (TPSA) is 58.0 Å². The molecule has 0 atom stereocenters. The maximum Gasteiger partial charge on any atom is 0.287 e. The Labute approximate surface area is 177 Å². The van der Waals surface area contributed by atoms with E-state index in [4.69, 9.17) is 9.15 Å². The highest BCUT2D eigenvalue weighted by Gasteiger charge is 2.21. The number of fused-ring (bicyclic) bond motifs is 1. The molecule has 1 saturated heterocycles. The number of furan rings is 1. The maximum atomic E-state index is 12.9. The molecule has 0 unspecified atom stereocenters. The highest BCUT2D eigenvalue weighted by atomic mass is 16.5. The lowest BCUT2D eigenvalue weighted by Gasteiger charge is -2.32. The van der Waals surface area contributed by atoms with Crippen molar-refractivity contribution in [2.75, 3.05) is 46.3 Å². The van der Waals surface area contributed by atoms with Gasteiger partial charge in [0.05, 0.1) is 0 Å². The fourth-order valence-electron chi connectivity index (χ4n) is 3.75. The Hall–Kier alpha value is -2.83. The van der Waals surface area contributed by atoms with E-state index in [9.17, 15) is 4.79 Å². The number of benzene rings is 2. The van der Waals surface area contributed by atoms with Crippen LogP contribution in [0.15, 0.2) is 59.0 Å². The van der Waals surface area contributed by atoms with Crippen LogP contribution >= 0.6 is 0 Å². The maximum absolute atomic E-state index is 12.9. The second kappa shape index (κ2) is 9.78. The van der Waals surface area contributed by atoms with Gasteiger partial charge in [-0.1, -0.05) is 36.4 Å². The van der Waals surface area contributed by atoms with Crippen LogP contribution in [0.5, 0.6) is 5.75 Å². The largest absolute Gasteiger partial charge is 0.489 e. The highest BCUT2D eigenvalue weighted by Crippen LogP contribution is 2.27. The smallest absolute Gasteiger partial charge is 0.287 e. The Morgan fingerprint density at radius 3 is 2.57 bits per heavy atom. The van der Waals surface area contributed by atoms with Crippen molar-refractivity contribution in [3.05, 3.63) is 65.9 Å². The summed E-state index contributed by atoms with van der Waals surface area (Å²) < 4.78 is 11.8. The molecule has 6 nitrogen and oxygen atoms in total. The van der Waals surface area contributed by atoms with Gasteiger partial charge in [0.1, 0.15) is 17.9 Å². The van der Waals surface area contributed by atoms with Crippen molar-refractivity contribution in [1.29, 1.82) is 0 Å². The number of ether oxygens (including phenoxy) is 1. The lowest BCUT2D eigenvalue weighted by atomic mass is 10.1. The number of hydrogen-bond acceptors (Lipinski definition) is 5. The number of amides is 1. The number of para-hydroxylation sites is 2. The fourth-order valence-corrected chi connectivity index (χ4v) is 3.75. The van der Waals surface area contributed by atoms with Gasteiger partial charge in [-0.05, 0) is 38.2 Å². The summed E-state index contributed by atoms with van der Waals surface area (Å²) in [5.41, 5.74) is 1.48. The second-order valence-electron chi connectivity index (χ2n) is 7.76. The van der Waals surface area contributed by atoms with Crippen molar-refractivity contribution in [3.8, 4) is 5.75 Å². The Morgan fingerprint density at radius 1 is 1.03 bits per heavy atom. The van der Waals surface area contributed by atoms with Crippen LogP contribution in [-0.2, 0) is 6.61 Å². The number of nitrogens with one attached hydrogen (secondary N) is 1. The predicted octanol–water partition coefficient (Wildman–Crippen LogP) is 3.38. The minimum absolute atomic E-state index is 0.184. The molecule has 1 aromatic heterocycles. The van der Waals surface area contributed by atoms with Crippen molar-refractivity contribution < 1.29 is 13.9 Å². The number of carbonyl (C=O) groups excluding carboxylic acids is 1. The molecular formula is C24H29N3O3. The van der Waals surface area contributed by atoms with E-state index in [1.165, 1.54) is 0 Å². The van der Waals surface area contributed by atoms with Crippen molar-refractivity contribution in [1.82, 2.24) is 15.1 Å². The highest BCUT2D eigenvalue weighted by molar-refractivity contribution is 5.99. The first kappa shape index (κ1) is 20.4. The third kappa shape index (κ3) is 5.01. The summed E-state index contributed by atoms with van der Waals surface area (Å²) in [6, 6.07) is 17.3. The molecule has 0 saturated carbocycles. The molecule has 3 aromatic rings. The van der Waals surface area contributed by atoms with Gasteiger partial charge in [0, 0.05) is 43.7 Å². The first-order chi connectivity index (χ1) is 14.7. The van der Waals surface area contributed by atoms with Crippen molar-refractivity contribution in [3.63, 3.8) is 0 Å². The summed E-state index contributed by atoms with van der Waals surface area (Å²) in [4.78, 5) is 17.7. The van der Waals surface area contributed by atoms with Crippen molar-refractivity contribution in [2.45, 2.75) is 13.0 Å². The third-order valence-corrected chi connectivity index (χ3v) is 5.56. The van der Waals surface area contributed by atoms with Crippen molar-refractivity contribution in [2.24, 2.45) is 0 Å². The quantitative estimate of drug-likeness (QED) is 0.580. The molecule has 2 aromatic carbocycles. The Balaban J connectivity index is 1.37. The minimum atomic E-state index is -0.184. The molecule has 1 amide bonds. The van der Waals surface area contributed by atoms with Crippen LogP contribution < -0.4 is 10.1 Å². The average molecular weight is 408 g/mol. The zero-order valence-corrected chi connectivity index (χ0v) is 17.5. The van der Waals surface area contributed by atoms with Crippen LogP contribution in [0.3, 0.4) is 0 Å². The van der Waals surface area contributed by atoms with Gasteiger partial charge in [0.2, 0.25) is 0 Å². The Bertz CT molecular complexity index is 962. The minimum Gasteiger partial charge on any atom is -0.489 e. The molecule has 1 aliphatic heterocycles. The van der Waals surface area contributed by atoms with E-state index >= 15 is 0 Å². The Kier molecular flexibility index (Phi) is 6.67. The van der Waals surface area contributed by atoms with Crippen LogP contribution in [-0.4, -0.2) is 62.0 Å². The van der Waals surface area contributed by atoms with Crippen molar-refractivity contribution >= 4 is 16.9 Å². The summed E-state index contributed by atoms with van der Waals surface area (Å²) in [5.74, 6) is 0.921. The summed E-state index contributed by atoms with van der Waals surface area (Å²) in [6.45, 7) is 6.31. The molecule has 0 radical (unpaired) electrons. The van der Waals surface area contributed by atoms with Crippen LogP contribution in [0.2, 0.25) is 0 Å². The molecule has 6 heteroatoms. The number of nitrogens with zero attached hydrogens (tertiary/aromatic N) is 2. The zero-order valence-electron chi connectivity index (χ0n) is 17.5. The van der Waals surface area contributed by atoms with E-state index in [1.54, 1.807) is 0 Å². The first-order valence-electron chi connectivity index (χ1n) is 10.6. The van der Waals surface area contributed by atoms with Gasteiger partial charge in [-0.3, -0.25) is 4.79 Å². The number of piperazine rings is 1. The number of rotatable bonds is 8. The lowest BCUT2D eigenvalue weighted by Crippen LogP contribution is -2.45. The predicted molar refractivity (Wildman–Crippen MR) is 118 cm³/mol. The lowest BCUT2D eigenvalue weighted by molar-refractivity contribution is 0.0920. The number of hydrogen-bond donors (Lipinski definition) is 1. The van der Waals surface area contributed by atoms with Crippen LogP contribution in [0, 0.1) is 0 Å². The standard InChI is InChI=1S/C24H29N3O3/c1-26-14-16-27(17-15-26)13-7-12-25-24(28)23-21(18-29-19-8-3-2-4-9-19)20-10-5-6-11-22(20)30-23/h2-6,8-11H,7,12-18H2,1H3,(H,25,28). The number of likely N-dealkylation sites (N-methyl/N-ethyl adjacent to an activating group) is 1. The van der Waals surface area contributed by atoms with Gasteiger partial charge >= 0.3 is 0 Å². The van der Waals surface area contributed by atoms with E-state index in [1.807, 2.05) is 54.6 Å². The molecule has 2 heterocycles.